The van der Waals surface area contributed by atoms with Crippen molar-refractivity contribution in [2.24, 2.45) is 5.92 Å². The van der Waals surface area contributed by atoms with Crippen molar-refractivity contribution in [3.63, 3.8) is 0 Å². The molecule has 174 valence electrons. The van der Waals surface area contributed by atoms with Gasteiger partial charge in [0.2, 0.25) is 15.9 Å². The molecule has 2 saturated heterocycles. The van der Waals surface area contributed by atoms with Crippen LogP contribution in [0.1, 0.15) is 18.4 Å². The van der Waals surface area contributed by atoms with E-state index in [9.17, 15) is 8.42 Å². The lowest BCUT2D eigenvalue weighted by molar-refractivity contribution is 0.122. The van der Waals surface area contributed by atoms with Gasteiger partial charge in [-0.1, -0.05) is 6.07 Å². The monoisotopic (exact) mass is 461 g/mol. The van der Waals surface area contributed by atoms with E-state index in [0.29, 0.717) is 38.7 Å². The Labute approximate surface area is 189 Å². The number of sulfonamides is 1. The van der Waals surface area contributed by atoms with Crippen molar-refractivity contribution < 1.29 is 17.9 Å². The van der Waals surface area contributed by atoms with Crippen LogP contribution in [0.5, 0.6) is 5.88 Å². The van der Waals surface area contributed by atoms with Gasteiger partial charge in [-0.25, -0.2) is 18.4 Å². The van der Waals surface area contributed by atoms with Crippen LogP contribution in [-0.2, 0) is 21.3 Å². The average Bonchev–Trinajstić information content (AvgIpc) is 2.85. The predicted molar refractivity (Wildman–Crippen MR) is 121 cm³/mol. The Morgan fingerprint density at radius 2 is 1.97 bits per heavy atom. The van der Waals surface area contributed by atoms with Crippen molar-refractivity contribution in [1.82, 2.24) is 19.6 Å². The third-order valence-corrected chi connectivity index (χ3v) is 7.79. The Kier molecular flexibility index (Phi) is 7.56. The van der Waals surface area contributed by atoms with E-state index in [2.05, 4.69) is 20.2 Å². The van der Waals surface area contributed by atoms with E-state index in [-0.39, 0.29) is 10.8 Å². The van der Waals surface area contributed by atoms with E-state index < -0.39 is 10.0 Å². The minimum atomic E-state index is -3.55. The van der Waals surface area contributed by atoms with E-state index in [1.54, 1.807) is 29.7 Å². The minimum Gasteiger partial charge on any atom is -0.481 e. The summed E-state index contributed by atoms with van der Waals surface area (Å²) in [6.07, 6.45) is 5.14. The summed E-state index contributed by atoms with van der Waals surface area (Å²) in [4.78, 5) is 11.0. The summed E-state index contributed by atoms with van der Waals surface area (Å²) in [5.41, 5.74) is 1.07. The lowest BCUT2D eigenvalue weighted by Crippen LogP contribution is -2.42. The molecule has 0 radical (unpaired) electrons. The number of hydrogen-bond acceptors (Lipinski definition) is 8. The number of anilines is 1. The van der Waals surface area contributed by atoms with Gasteiger partial charge in [0.15, 0.2) is 0 Å². The molecule has 2 aromatic rings. The first-order chi connectivity index (χ1) is 15.6. The smallest absolute Gasteiger partial charge is 0.244 e. The minimum absolute atomic E-state index is 0.257. The van der Waals surface area contributed by atoms with Crippen molar-refractivity contribution in [2.75, 3.05) is 57.9 Å². The van der Waals surface area contributed by atoms with Crippen LogP contribution in [0.2, 0.25) is 0 Å². The van der Waals surface area contributed by atoms with Gasteiger partial charge < -0.3 is 19.7 Å². The molecule has 2 aliphatic rings. The maximum atomic E-state index is 13.2. The van der Waals surface area contributed by atoms with Crippen LogP contribution >= 0.6 is 0 Å². The normalized spacial score (nSPS) is 20.3. The SMILES string of the molecule is COc1ccc(CNCC2CCCN(S(=O)(=O)c3ccc(N4CCOCC4)nc3)C2)cn1. The molecule has 2 aliphatic heterocycles. The van der Waals surface area contributed by atoms with E-state index in [1.807, 2.05) is 12.1 Å². The molecule has 10 heteroatoms. The van der Waals surface area contributed by atoms with Crippen LogP contribution in [0.25, 0.3) is 0 Å². The molecule has 1 atom stereocenters. The highest BCUT2D eigenvalue weighted by Gasteiger charge is 2.30. The Balaban J connectivity index is 1.32. The van der Waals surface area contributed by atoms with Gasteiger partial charge in [-0.05, 0) is 43.0 Å². The second-order valence-electron chi connectivity index (χ2n) is 8.16. The number of pyridine rings is 2. The highest BCUT2D eigenvalue weighted by Crippen LogP contribution is 2.24. The van der Waals surface area contributed by atoms with Gasteiger partial charge in [-0.15, -0.1) is 0 Å². The zero-order valence-electron chi connectivity index (χ0n) is 18.4. The molecule has 0 spiro atoms. The quantitative estimate of drug-likeness (QED) is 0.632. The molecular formula is C22H31N5O4S. The first-order valence-electron chi connectivity index (χ1n) is 11.0. The van der Waals surface area contributed by atoms with Crippen LogP contribution in [0, 0.1) is 5.92 Å². The van der Waals surface area contributed by atoms with Crippen molar-refractivity contribution in [1.29, 1.82) is 0 Å². The van der Waals surface area contributed by atoms with Crippen LogP contribution in [0.3, 0.4) is 0 Å². The molecule has 4 rings (SSSR count). The van der Waals surface area contributed by atoms with Crippen molar-refractivity contribution >= 4 is 15.8 Å². The van der Waals surface area contributed by atoms with E-state index in [0.717, 1.165) is 43.9 Å². The zero-order valence-corrected chi connectivity index (χ0v) is 19.3. The second-order valence-corrected chi connectivity index (χ2v) is 10.1. The Morgan fingerprint density at radius 1 is 1.12 bits per heavy atom. The number of rotatable bonds is 8. The van der Waals surface area contributed by atoms with Crippen molar-refractivity contribution in [2.45, 2.75) is 24.3 Å². The third-order valence-electron chi connectivity index (χ3n) is 5.94. The maximum absolute atomic E-state index is 13.2. The number of nitrogens with zero attached hydrogens (tertiary/aromatic N) is 4. The summed E-state index contributed by atoms with van der Waals surface area (Å²) in [5, 5.41) is 3.43. The second kappa shape index (κ2) is 10.6. The van der Waals surface area contributed by atoms with E-state index >= 15 is 0 Å². The number of ether oxygens (including phenoxy) is 2. The predicted octanol–water partition coefficient (Wildman–Crippen LogP) is 1.51. The Hall–Kier alpha value is -2.27. The molecule has 2 aromatic heterocycles. The van der Waals surface area contributed by atoms with Gasteiger partial charge in [0.05, 0.1) is 20.3 Å². The summed E-state index contributed by atoms with van der Waals surface area (Å²) < 4.78 is 38.4. The number of aromatic nitrogens is 2. The van der Waals surface area contributed by atoms with Crippen molar-refractivity contribution in [3.8, 4) is 5.88 Å². The van der Waals surface area contributed by atoms with Crippen LogP contribution in [-0.4, -0.2) is 75.7 Å². The molecule has 1 N–H and O–H groups in total. The highest BCUT2D eigenvalue weighted by molar-refractivity contribution is 7.89. The number of piperidine rings is 1. The van der Waals surface area contributed by atoms with Gasteiger partial charge in [0.1, 0.15) is 10.7 Å². The van der Waals surface area contributed by atoms with Crippen molar-refractivity contribution in [3.05, 3.63) is 42.2 Å². The summed E-state index contributed by atoms with van der Waals surface area (Å²) in [7, 11) is -1.96. The van der Waals surface area contributed by atoms with Gasteiger partial charge >= 0.3 is 0 Å². The van der Waals surface area contributed by atoms with E-state index in [4.69, 9.17) is 9.47 Å². The first kappa shape index (κ1) is 22.9. The number of nitrogens with one attached hydrogen (secondary N) is 1. The molecule has 4 heterocycles. The summed E-state index contributed by atoms with van der Waals surface area (Å²) >= 11 is 0. The fourth-order valence-electron chi connectivity index (χ4n) is 4.12. The third kappa shape index (κ3) is 5.55. The molecule has 0 saturated carbocycles. The molecule has 0 amide bonds. The summed E-state index contributed by atoms with van der Waals surface area (Å²) in [6.45, 7) is 5.38. The highest BCUT2D eigenvalue weighted by atomic mass is 32.2. The fraction of sp³-hybridized carbons (Fsp3) is 0.545. The van der Waals surface area contributed by atoms with Gasteiger partial charge in [0.25, 0.3) is 0 Å². The fourth-order valence-corrected chi connectivity index (χ4v) is 5.62. The Bertz CT molecular complexity index is 963. The molecule has 0 bridgehead atoms. The van der Waals surface area contributed by atoms with Crippen LogP contribution < -0.4 is 15.0 Å². The average molecular weight is 462 g/mol. The summed E-state index contributed by atoms with van der Waals surface area (Å²) in [5.74, 6) is 1.65. The van der Waals surface area contributed by atoms with Gasteiger partial charge in [0, 0.05) is 51.2 Å². The summed E-state index contributed by atoms with van der Waals surface area (Å²) in [6, 6.07) is 7.28. The first-order valence-corrected chi connectivity index (χ1v) is 12.5. The topological polar surface area (TPSA) is 96.9 Å². The van der Waals surface area contributed by atoms with E-state index in [1.165, 1.54) is 6.20 Å². The molecule has 9 nitrogen and oxygen atoms in total. The molecule has 2 fully saturated rings. The zero-order chi connectivity index (χ0) is 22.4. The van der Waals surface area contributed by atoms with Crippen LogP contribution in [0.4, 0.5) is 5.82 Å². The molecule has 0 aromatic carbocycles. The van der Waals surface area contributed by atoms with Gasteiger partial charge in [-0.2, -0.15) is 4.31 Å². The standard InChI is InChI=1S/C22H31N5O4S/c1-30-22-7-4-18(15-25-22)13-23-14-19-3-2-8-27(17-19)32(28,29)20-5-6-21(24-16-20)26-9-11-31-12-10-26/h4-7,15-16,19,23H,2-3,8-14,17H2,1H3. The largest absolute Gasteiger partial charge is 0.481 e. The maximum Gasteiger partial charge on any atom is 0.244 e. The van der Waals surface area contributed by atoms with Gasteiger partial charge in [-0.3, -0.25) is 0 Å². The molecular weight excluding hydrogens is 430 g/mol. The number of hydrogen-bond donors (Lipinski definition) is 1. The Morgan fingerprint density at radius 3 is 2.66 bits per heavy atom. The lowest BCUT2D eigenvalue weighted by Gasteiger charge is -2.32. The number of methoxy groups -OCH3 is 1. The van der Waals surface area contributed by atoms with Crippen LogP contribution in [0.15, 0.2) is 41.6 Å². The molecule has 1 unspecified atom stereocenters. The molecule has 32 heavy (non-hydrogen) atoms. The molecule has 0 aliphatic carbocycles. The number of morpholine rings is 1. The lowest BCUT2D eigenvalue weighted by atomic mass is 10.00.